The van der Waals surface area contributed by atoms with Gasteiger partial charge >= 0.3 is 5.97 Å². The molecule has 5 heteroatoms. The number of aliphatic carboxylic acids is 1. The lowest BCUT2D eigenvalue weighted by Crippen LogP contribution is -2.09. The molecule has 4 nitrogen and oxygen atoms in total. The Labute approximate surface area is 92.3 Å². The van der Waals surface area contributed by atoms with Gasteiger partial charge in [-0.2, -0.15) is 12.6 Å². The Balaban J connectivity index is 2.64. The van der Waals surface area contributed by atoms with Gasteiger partial charge in [0.25, 0.3) is 0 Å². The van der Waals surface area contributed by atoms with Crippen LogP contribution in [0.2, 0.25) is 0 Å². The minimum Gasteiger partial charge on any atom is -0.482 e. The van der Waals surface area contributed by atoms with Gasteiger partial charge in [-0.15, -0.1) is 0 Å². The molecule has 1 aromatic rings. The third-order valence-electron chi connectivity index (χ3n) is 1.68. The second-order valence-corrected chi connectivity index (χ2v) is 3.10. The predicted molar refractivity (Wildman–Crippen MR) is 57.8 cm³/mol. The largest absolute Gasteiger partial charge is 0.482 e. The van der Waals surface area contributed by atoms with E-state index >= 15 is 0 Å². The first-order valence-electron chi connectivity index (χ1n) is 4.22. The van der Waals surface area contributed by atoms with E-state index in [0.717, 1.165) is 0 Å². The van der Waals surface area contributed by atoms with Crippen LogP contribution in [0.4, 0.5) is 0 Å². The highest BCUT2D eigenvalue weighted by Gasteiger charge is 2.04. The average Bonchev–Trinajstić information content (AvgIpc) is 2.26. The second-order valence-electron chi connectivity index (χ2n) is 2.79. The molecule has 0 spiro atoms. The van der Waals surface area contributed by atoms with Crippen LogP contribution in [0.1, 0.15) is 10.4 Å². The third-order valence-corrected chi connectivity index (χ3v) is 1.97. The fraction of sp³-hybridized carbons (Fsp3) is 0.200. The normalized spacial score (nSPS) is 9.67. The number of thiol groups is 1. The second kappa shape index (κ2) is 5.41. The summed E-state index contributed by atoms with van der Waals surface area (Å²) in [5.74, 6) is -0.545. The SMILES string of the molecule is O=C(O)COc1ccc(C(=O)CS)cc1. The van der Waals surface area contributed by atoms with E-state index in [1.807, 2.05) is 0 Å². The Bertz CT molecular complexity index is 358. The Kier molecular flexibility index (Phi) is 4.17. The van der Waals surface area contributed by atoms with Gasteiger partial charge in [0.05, 0.1) is 5.75 Å². The van der Waals surface area contributed by atoms with E-state index in [1.54, 1.807) is 24.3 Å². The highest BCUT2D eigenvalue weighted by atomic mass is 32.1. The van der Waals surface area contributed by atoms with Gasteiger partial charge in [-0.1, -0.05) is 0 Å². The van der Waals surface area contributed by atoms with Crippen LogP contribution in [0.3, 0.4) is 0 Å². The average molecular weight is 226 g/mol. The zero-order chi connectivity index (χ0) is 11.3. The number of hydrogen-bond acceptors (Lipinski definition) is 4. The van der Waals surface area contributed by atoms with E-state index in [2.05, 4.69) is 12.6 Å². The summed E-state index contributed by atoms with van der Waals surface area (Å²) in [4.78, 5) is 21.4. The van der Waals surface area contributed by atoms with Crippen molar-refractivity contribution in [1.29, 1.82) is 0 Å². The molecule has 0 heterocycles. The molecular formula is C10H10O4S. The number of ketones is 1. The first kappa shape index (κ1) is 11.6. The number of carboxylic acids is 1. The fourth-order valence-electron chi connectivity index (χ4n) is 0.973. The summed E-state index contributed by atoms with van der Waals surface area (Å²) >= 11 is 3.86. The number of benzene rings is 1. The molecule has 0 amide bonds. The summed E-state index contributed by atoms with van der Waals surface area (Å²) in [5, 5.41) is 8.37. The molecule has 0 saturated heterocycles. The van der Waals surface area contributed by atoms with Gasteiger partial charge < -0.3 is 9.84 Å². The summed E-state index contributed by atoms with van der Waals surface area (Å²) < 4.78 is 4.91. The number of Topliss-reactive ketones (excluding diaryl/α,β-unsaturated/α-hetero) is 1. The van der Waals surface area contributed by atoms with E-state index in [-0.39, 0.29) is 18.1 Å². The summed E-state index contributed by atoms with van der Waals surface area (Å²) in [5.41, 5.74) is 0.535. The molecule has 0 atom stereocenters. The standard InChI is InChI=1S/C10H10O4S/c11-9(6-15)7-1-3-8(4-2-7)14-5-10(12)13/h1-4,15H,5-6H2,(H,12,13). The van der Waals surface area contributed by atoms with E-state index in [0.29, 0.717) is 11.3 Å². The van der Waals surface area contributed by atoms with Gasteiger partial charge in [0.1, 0.15) is 5.75 Å². The highest BCUT2D eigenvalue weighted by molar-refractivity contribution is 7.81. The van der Waals surface area contributed by atoms with Crippen LogP contribution in [0, 0.1) is 0 Å². The van der Waals surface area contributed by atoms with Crippen molar-refractivity contribution in [3.05, 3.63) is 29.8 Å². The monoisotopic (exact) mass is 226 g/mol. The number of rotatable bonds is 5. The summed E-state index contributed by atoms with van der Waals surface area (Å²) in [6, 6.07) is 6.27. The molecule has 0 bridgehead atoms. The van der Waals surface area contributed by atoms with Crippen molar-refractivity contribution in [2.45, 2.75) is 0 Å². The Morgan fingerprint density at radius 3 is 2.33 bits per heavy atom. The van der Waals surface area contributed by atoms with Gasteiger partial charge in [0.2, 0.25) is 0 Å². The molecule has 0 aliphatic carbocycles. The van der Waals surface area contributed by atoms with Crippen LogP contribution in [-0.2, 0) is 4.79 Å². The van der Waals surface area contributed by atoms with Crippen LogP contribution in [-0.4, -0.2) is 29.2 Å². The maximum Gasteiger partial charge on any atom is 0.341 e. The summed E-state index contributed by atoms with van der Waals surface area (Å²) in [6.45, 7) is -0.389. The van der Waals surface area contributed by atoms with Crippen LogP contribution < -0.4 is 4.74 Å². The molecule has 1 rings (SSSR count). The molecule has 15 heavy (non-hydrogen) atoms. The van der Waals surface area contributed by atoms with Crippen molar-refractivity contribution in [2.24, 2.45) is 0 Å². The lowest BCUT2D eigenvalue weighted by atomic mass is 10.1. The van der Waals surface area contributed by atoms with Crippen molar-refractivity contribution < 1.29 is 19.4 Å². The van der Waals surface area contributed by atoms with Gasteiger partial charge in [-0.05, 0) is 24.3 Å². The molecule has 0 aliphatic heterocycles. The minimum absolute atomic E-state index is 0.0804. The van der Waals surface area contributed by atoms with E-state index in [1.165, 1.54) is 0 Å². The predicted octanol–water partition coefficient (Wildman–Crippen LogP) is 1.26. The fourth-order valence-corrected chi connectivity index (χ4v) is 1.16. The van der Waals surface area contributed by atoms with Crippen molar-refractivity contribution in [3.8, 4) is 5.75 Å². The quantitative estimate of drug-likeness (QED) is 0.586. The number of carbonyl (C=O) groups is 2. The van der Waals surface area contributed by atoms with Crippen LogP contribution in [0.15, 0.2) is 24.3 Å². The minimum atomic E-state index is -1.04. The van der Waals surface area contributed by atoms with Gasteiger partial charge in [0, 0.05) is 5.56 Å². The summed E-state index contributed by atoms with van der Waals surface area (Å²) in [7, 11) is 0. The summed E-state index contributed by atoms with van der Waals surface area (Å²) in [6.07, 6.45) is 0. The first-order valence-corrected chi connectivity index (χ1v) is 4.85. The van der Waals surface area contributed by atoms with Crippen LogP contribution in [0.5, 0.6) is 5.75 Å². The lowest BCUT2D eigenvalue weighted by Gasteiger charge is -2.03. The van der Waals surface area contributed by atoms with Crippen molar-refractivity contribution in [2.75, 3.05) is 12.4 Å². The maximum absolute atomic E-state index is 11.2. The van der Waals surface area contributed by atoms with Gasteiger partial charge in [-0.25, -0.2) is 4.79 Å². The molecule has 0 radical (unpaired) electrons. The van der Waals surface area contributed by atoms with Crippen molar-refractivity contribution >= 4 is 24.4 Å². The molecule has 1 N–H and O–H groups in total. The molecule has 0 aromatic heterocycles. The molecule has 0 saturated carbocycles. The smallest absolute Gasteiger partial charge is 0.341 e. The zero-order valence-electron chi connectivity index (χ0n) is 7.84. The Morgan fingerprint density at radius 2 is 1.87 bits per heavy atom. The molecular weight excluding hydrogens is 216 g/mol. The van der Waals surface area contributed by atoms with Gasteiger partial charge in [-0.3, -0.25) is 4.79 Å². The van der Waals surface area contributed by atoms with Crippen molar-refractivity contribution in [1.82, 2.24) is 0 Å². The van der Waals surface area contributed by atoms with E-state index in [9.17, 15) is 9.59 Å². The van der Waals surface area contributed by atoms with E-state index < -0.39 is 5.97 Å². The maximum atomic E-state index is 11.2. The molecule has 0 aliphatic rings. The zero-order valence-corrected chi connectivity index (χ0v) is 8.74. The Morgan fingerprint density at radius 1 is 1.27 bits per heavy atom. The highest BCUT2D eigenvalue weighted by Crippen LogP contribution is 2.12. The van der Waals surface area contributed by atoms with Crippen molar-refractivity contribution in [3.63, 3.8) is 0 Å². The number of hydrogen-bond donors (Lipinski definition) is 2. The topological polar surface area (TPSA) is 63.6 Å². The molecule has 0 unspecified atom stereocenters. The Hall–Kier alpha value is -1.49. The number of ether oxygens (including phenoxy) is 1. The number of carbonyl (C=O) groups excluding carboxylic acids is 1. The molecule has 1 aromatic carbocycles. The first-order chi connectivity index (χ1) is 7.13. The third kappa shape index (κ3) is 3.63. The van der Waals surface area contributed by atoms with E-state index in [4.69, 9.17) is 9.84 Å². The van der Waals surface area contributed by atoms with Crippen LogP contribution in [0.25, 0.3) is 0 Å². The van der Waals surface area contributed by atoms with Gasteiger partial charge in [0.15, 0.2) is 12.4 Å². The lowest BCUT2D eigenvalue weighted by molar-refractivity contribution is -0.139. The molecule has 0 fully saturated rings. The van der Waals surface area contributed by atoms with Crippen LogP contribution >= 0.6 is 12.6 Å². The molecule has 80 valence electrons. The number of carboxylic acid groups (broad SMARTS) is 1.